The zero-order valence-corrected chi connectivity index (χ0v) is 9.77. The van der Waals surface area contributed by atoms with Crippen molar-refractivity contribution in [2.75, 3.05) is 5.32 Å². The summed E-state index contributed by atoms with van der Waals surface area (Å²) in [6, 6.07) is 1.62. The quantitative estimate of drug-likeness (QED) is 0.794. The molecular formula is C11H17N3O2. The first-order valence-corrected chi connectivity index (χ1v) is 5.27. The molecule has 1 heterocycles. The molecule has 1 rings (SSSR count). The van der Waals surface area contributed by atoms with Crippen molar-refractivity contribution in [2.24, 2.45) is 5.92 Å². The molecule has 1 aromatic rings. The van der Waals surface area contributed by atoms with Gasteiger partial charge in [0.15, 0.2) is 0 Å². The molecule has 0 radical (unpaired) electrons. The smallest absolute Gasteiger partial charge is 0.305 e. The number of rotatable bonds is 5. The summed E-state index contributed by atoms with van der Waals surface area (Å²) in [5, 5.41) is 11.9. The number of anilines is 1. The van der Waals surface area contributed by atoms with Crippen molar-refractivity contribution in [3.05, 3.63) is 18.1 Å². The third-order valence-electron chi connectivity index (χ3n) is 2.31. The molecule has 0 aliphatic rings. The van der Waals surface area contributed by atoms with Gasteiger partial charge in [0.05, 0.1) is 6.42 Å². The van der Waals surface area contributed by atoms with Crippen LogP contribution in [0.4, 0.5) is 5.82 Å². The first-order chi connectivity index (χ1) is 7.49. The van der Waals surface area contributed by atoms with E-state index in [0.29, 0.717) is 11.6 Å². The molecule has 2 N–H and O–H groups in total. The topological polar surface area (TPSA) is 75.1 Å². The molecule has 5 heteroatoms. The third kappa shape index (κ3) is 3.84. The predicted molar refractivity (Wildman–Crippen MR) is 61.3 cm³/mol. The molecule has 16 heavy (non-hydrogen) atoms. The van der Waals surface area contributed by atoms with E-state index in [-0.39, 0.29) is 18.4 Å². The van der Waals surface area contributed by atoms with Crippen molar-refractivity contribution in [1.82, 2.24) is 9.97 Å². The second kappa shape index (κ2) is 5.44. The molecule has 0 aliphatic heterocycles. The van der Waals surface area contributed by atoms with Crippen LogP contribution in [0.25, 0.3) is 0 Å². The Morgan fingerprint density at radius 1 is 1.56 bits per heavy atom. The van der Waals surface area contributed by atoms with Gasteiger partial charge in [-0.15, -0.1) is 0 Å². The number of carboxylic acids is 1. The minimum atomic E-state index is -0.808. The highest BCUT2D eigenvalue weighted by Crippen LogP contribution is 2.13. The summed E-state index contributed by atoms with van der Waals surface area (Å²) in [4.78, 5) is 18.9. The number of nitrogens with one attached hydrogen (secondary N) is 1. The van der Waals surface area contributed by atoms with Crippen LogP contribution in [0, 0.1) is 12.8 Å². The van der Waals surface area contributed by atoms with Crippen molar-refractivity contribution >= 4 is 11.8 Å². The van der Waals surface area contributed by atoms with E-state index >= 15 is 0 Å². The summed E-state index contributed by atoms with van der Waals surface area (Å²) in [5.74, 6) is 0.763. The Morgan fingerprint density at radius 2 is 2.25 bits per heavy atom. The Bertz CT molecular complexity index is 366. The second-order valence-electron chi connectivity index (χ2n) is 4.08. The summed E-state index contributed by atoms with van der Waals surface area (Å²) in [5.41, 5.74) is 0. The number of aromatic nitrogens is 2. The van der Waals surface area contributed by atoms with Crippen molar-refractivity contribution in [1.29, 1.82) is 0 Å². The maximum absolute atomic E-state index is 10.7. The van der Waals surface area contributed by atoms with Gasteiger partial charge in [-0.25, -0.2) is 9.97 Å². The van der Waals surface area contributed by atoms with Gasteiger partial charge < -0.3 is 10.4 Å². The molecule has 0 fully saturated rings. The van der Waals surface area contributed by atoms with Gasteiger partial charge in [-0.1, -0.05) is 13.8 Å². The molecule has 1 atom stereocenters. The molecule has 1 unspecified atom stereocenters. The molecule has 1 aromatic heterocycles. The van der Waals surface area contributed by atoms with E-state index in [1.807, 2.05) is 13.8 Å². The normalized spacial score (nSPS) is 12.5. The second-order valence-corrected chi connectivity index (χ2v) is 4.08. The van der Waals surface area contributed by atoms with Crippen molar-refractivity contribution in [2.45, 2.75) is 33.2 Å². The Hall–Kier alpha value is -1.65. The van der Waals surface area contributed by atoms with E-state index in [9.17, 15) is 4.79 Å². The standard InChI is InChI=1S/C11H17N3O2/c1-7(2)9(6-11(15)16)14-10-4-5-12-8(3)13-10/h4-5,7,9H,6H2,1-3H3,(H,15,16)(H,12,13,14). The zero-order chi connectivity index (χ0) is 12.1. The summed E-state index contributed by atoms with van der Waals surface area (Å²) >= 11 is 0. The third-order valence-corrected chi connectivity index (χ3v) is 2.31. The fourth-order valence-electron chi connectivity index (χ4n) is 1.37. The van der Waals surface area contributed by atoms with Crippen molar-refractivity contribution < 1.29 is 9.90 Å². The maximum Gasteiger partial charge on any atom is 0.305 e. The van der Waals surface area contributed by atoms with Gasteiger partial charge in [0.1, 0.15) is 11.6 Å². The molecule has 88 valence electrons. The number of hydrogen-bond acceptors (Lipinski definition) is 4. The van der Waals surface area contributed by atoms with Crippen LogP contribution in [0.15, 0.2) is 12.3 Å². The van der Waals surface area contributed by atoms with Crippen LogP contribution in [-0.4, -0.2) is 27.1 Å². The van der Waals surface area contributed by atoms with Crippen LogP contribution in [0.2, 0.25) is 0 Å². The lowest BCUT2D eigenvalue weighted by Gasteiger charge is -2.21. The fraction of sp³-hybridized carbons (Fsp3) is 0.545. The van der Waals surface area contributed by atoms with Gasteiger partial charge in [0, 0.05) is 12.2 Å². The minimum absolute atomic E-state index is 0.0840. The number of carbonyl (C=O) groups is 1. The van der Waals surface area contributed by atoms with E-state index < -0.39 is 5.97 Å². The zero-order valence-electron chi connectivity index (χ0n) is 9.77. The number of nitrogens with zero attached hydrogens (tertiary/aromatic N) is 2. The van der Waals surface area contributed by atoms with Gasteiger partial charge in [0.25, 0.3) is 0 Å². The lowest BCUT2D eigenvalue weighted by atomic mass is 10.0. The summed E-state index contributed by atoms with van der Waals surface area (Å²) in [7, 11) is 0. The van der Waals surface area contributed by atoms with Gasteiger partial charge in [-0.2, -0.15) is 0 Å². The SMILES string of the molecule is Cc1nccc(NC(CC(=O)O)C(C)C)n1. The van der Waals surface area contributed by atoms with Gasteiger partial charge in [-0.05, 0) is 18.9 Å². The molecular weight excluding hydrogens is 206 g/mol. The highest BCUT2D eigenvalue weighted by atomic mass is 16.4. The van der Waals surface area contributed by atoms with Crippen LogP contribution in [0.1, 0.15) is 26.1 Å². The number of aliphatic carboxylic acids is 1. The Balaban J connectivity index is 2.71. The van der Waals surface area contributed by atoms with Crippen LogP contribution >= 0.6 is 0 Å². The Morgan fingerprint density at radius 3 is 2.75 bits per heavy atom. The molecule has 0 amide bonds. The Labute approximate surface area is 94.9 Å². The monoisotopic (exact) mass is 223 g/mol. The highest BCUT2D eigenvalue weighted by molar-refractivity contribution is 5.68. The van der Waals surface area contributed by atoms with E-state index in [4.69, 9.17) is 5.11 Å². The molecule has 5 nitrogen and oxygen atoms in total. The first kappa shape index (κ1) is 12.4. The fourth-order valence-corrected chi connectivity index (χ4v) is 1.37. The number of aryl methyl sites for hydroxylation is 1. The molecule has 0 aromatic carbocycles. The molecule has 0 spiro atoms. The van der Waals surface area contributed by atoms with E-state index in [0.717, 1.165) is 0 Å². The predicted octanol–water partition coefficient (Wildman–Crippen LogP) is 1.70. The molecule has 0 bridgehead atoms. The summed E-state index contributed by atoms with van der Waals surface area (Å²) in [6.45, 7) is 5.76. The highest BCUT2D eigenvalue weighted by Gasteiger charge is 2.17. The largest absolute Gasteiger partial charge is 0.481 e. The van der Waals surface area contributed by atoms with Crippen molar-refractivity contribution in [3.8, 4) is 0 Å². The van der Waals surface area contributed by atoms with Crippen LogP contribution < -0.4 is 5.32 Å². The average Bonchev–Trinajstić information content (AvgIpc) is 2.15. The summed E-state index contributed by atoms with van der Waals surface area (Å²) in [6.07, 6.45) is 1.74. The molecule has 0 aliphatic carbocycles. The van der Waals surface area contributed by atoms with Crippen molar-refractivity contribution in [3.63, 3.8) is 0 Å². The van der Waals surface area contributed by atoms with E-state index in [1.165, 1.54) is 0 Å². The molecule has 0 saturated carbocycles. The minimum Gasteiger partial charge on any atom is -0.481 e. The van der Waals surface area contributed by atoms with Crippen LogP contribution in [-0.2, 0) is 4.79 Å². The lowest BCUT2D eigenvalue weighted by Crippen LogP contribution is -2.29. The van der Waals surface area contributed by atoms with E-state index in [2.05, 4.69) is 15.3 Å². The number of carboxylic acid groups (broad SMARTS) is 1. The van der Waals surface area contributed by atoms with Gasteiger partial charge in [0.2, 0.25) is 0 Å². The summed E-state index contributed by atoms with van der Waals surface area (Å²) < 4.78 is 0. The van der Waals surface area contributed by atoms with E-state index in [1.54, 1.807) is 19.2 Å². The lowest BCUT2D eigenvalue weighted by molar-refractivity contribution is -0.137. The van der Waals surface area contributed by atoms with Gasteiger partial charge >= 0.3 is 5.97 Å². The van der Waals surface area contributed by atoms with Crippen LogP contribution in [0.5, 0.6) is 0 Å². The maximum atomic E-state index is 10.7. The van der Waals surface area contributed by atoms with Crippen LogP contribution in [0.3, 0.4) is 0 Å². The Kier molecular flexibility index (Phi) is 4.22. The number of hydrogen-bond donors (Lipinski definition) is 2. The molecule has 0 saturated heterocycles. The average molecular weight is 223 g/mol. The van der Waals surface area contributed by atoms with Gasteiger partial charge in [-0.3, -0.25) is 4.79 Å². The first-order valence-electron chi connectivity index (χ1n) is 5.27.